The fourth-order valence-electron chi connectivity index (χ4n) is 2.37. The van der Waals surface area contributed by atoms with E-state index in [0.29, 0.717) is 23.8 Å². The Balaban J connectivity index is 1.92. The largest absolute Gasteiger partial charge is 0.443 e. The van der Waals surface area contributed by atoms with Crippen molar-refractivity contribution in [3.8, 4) is 0 Å². The Morgan fingerprint density at radius 2 is 2.00 bits per heavy atom. The van der Waals surface area contributed by atoms with Crippen molar-refractivity contribution in [2.75, 3.05) is 12.8 Å². The van der Waals surface area contributed by atoms with Crippen LogP contribution in [0.5, 0.6) is 0 Å². The summed E-state index contributed by atoms with van der Waals surface area (Å²) < 4.78 is 32.3. The van der Waals surface area contributed by atoms with Gasteiger partial charge in [-0.2, -0.15) is 0 Å². The minimum Gasteiger partial charge on any atom is -0.443 e. The van der Waals surface area contributed by atoms with Crippen molar-refractivity contribution in [1.29, 1.82) is 0 Å². The Bertz CT molecular complexity index is 913. The second-order valence-corrected chi connectivity index (χ2v) is 9.65. The van der Waals surface area contributed by atoms with Gasteiger partial charge in [-0.25, -0.2) is 22.5 Å². The number of hydrogen-bond acceptors (Lipinski definition) is 6. The van der Waals surface area contributed by atoms with E-state index in [1.54, 1.807) is 18.2 Å². The second kappa shape index (κ2) is 5.66. The van der Waals surface area contributed by atoms with Crippen LogP contribution >= 0.6 is 11.9 Å². The van der Waals surface area contributed by atoms with E-state index in [4.69, 9.17) is 4.74 Å². The normalized spacial score (nSPS) is 15.4. The molecule has 0 spiro atoms. The first-order chi connectivity index (χ1) is 11.0. The maximum Gasteiger partial charge on any atom is 0.420 e. The number of imidazole rings is 1. The summed E-state index contributed by atoms with van der Waals surface area (Å²) >= 11 is 1.21. The van der Waals surface area contributed by atoms with Crippen molar-refractivity contribution in [3.63, 3.8) is 0 Å². The van der Waals surface area contributed by atoms with Crippen LogP contribution in [0.25, 0.3) is 11.0 Å². The average Bonchev–Trinajstić information content (AvgIpc) is 2.81. The molecule has 0 bridgehead atoms. The molecule has 3 rings (SSSR count). The van der Waals surface area contributed by atoms with Gasteiger partial charge in [0.15, 0.2) is 15.0 Å². The molecule has 7 nitrogen and oxygen atoms in total. The van der Waals surface area contributed by atoms with E-state index >= 15 is 0 Å². The summed E-state index contributed by atoms with van der Waals surface area (Å²) in [6.45, 7) is 6.46. The third-order valence-electron chi connectivity index (χ3n) is 3.43. The van der Waals surface area contributed by atoms with Crippen molar-refractivity contribution in [2.24, 2.45) is 0 Å². The van der Waals surface area contributed by atoms with Gasteiger partial charge in [-0.3, -0.25) is 0 Å². The molecule has 2 aromatic rings. The Morgan fingerprint density at radius 3 is 2.62 bits per heavy atom. The first-order valence-corrected chi connectivity index (χ1v) is 10.1. The van der Waals surface area contributed by atoms with Crippen LogP contribution < -0.4 is 0 Å². The summed E-state index contributed by atoms with van der Waals surface area (Å²) in [7, 11) is -3.28. The summed E-state index contributed by atoms with van der Waals surface area (Å²) in [5, 5.41) is 0.646. The van der Waals surface area contributed by atoms with E-state index in [9.17, 15) is 13.2 Å². The van der Waals surface area contributed by atoms with Crippen LogP contribution in [0, 0.1) is 0 Å². The van der Waals surface area contributed by atoms with Crippen LogP contribution in [0.3, 0.4) is 0 Å². The zero-order valence-electron chi connectivity index (χ0n) is 13.9. The summed E-state index contributed by atoms with van der Waals surface area (Å²) in [6.07, 6.45) is 0.781. The Labute approximate surface area is 145 Å². The van der Waals surface area contributed by atoms with Crippen LogP contribution in [-0.2, 0) is 21.1 Å². The van der Waals surface area contributed by atoms with E-state index in [0.717, 1.165) is 5.52 Å². The smallest absolute Gasteiger partial charge is 0.420 e. The zero-order valence-corrected chi connectivity index (χ0v) is 15.6. The molecular formula is C15H19N3O4S2. The summed E-state index contributed by atoms with van der Waals surface area (Å²) in [5.41, 5.74) is 0.903. The monoisotopic (exact) mass is 369 g/mol. The molecular weight excluding hydrogens is 350 g/mol. The Hall–Kier alpha value is -1.74. The highest BCUT2D eigenvalue weighted by atomic mass is 32.2. The van der Waals surface area contributed by atoms with Gasteiger partial charge in [-0.1, -0.05) is 0 Å². The molecule has 0 unspecified atom stereocenters. The molecule has 0 atom stereocenters. The van der Waals surface area contributed by atoms with Crippen molar-refractivity contribution >= 4 is 38.9 Å². The number of carbonyl (C=O) groups is 1. The molecule has 0 fully saturated rings. The van der Waals surface area contributed by atoms with Crippen molar-refractivity contribution in [2.45, 2.75) is 43.0 Å². The van der Waals surface area contributed by atoms with Gasteiger partial charge in [0.2, 0.25) is 0 Å². The SMILES string of the molecule is CC(C)(C)OC(=O)N1CCn2c(nc3ccc(S(C)(=O)=O)cc32)S1. The molecule has 2 heterocycles. The maximum absolute atomic E-state index is 12.2. The molecule has 0 saturated carbocycles. The lowest BCUT2D eigenvalue weighted by Crippen LogP contribution is -2.36. The Morgan fingerprint density at radius 1 is 1.29 bits per heavy atom. The molecule has 130 valence electrons. The molecule has 24 heavy (non-hydrogen) atoms. The van der Waals surface area contributed by atoms with Crippen LogP contribution in [0.2, 0.25) is 0 Å². The predicted octanol–water partition coefficient (Wildman–Crippen LogP) is 2.70. The fourth-order valence-corrected chi connectivity index (χ4v) is 3.92. The molecule has 0 radical (unpaired) electrons. The molecule has 9 heteroatoms. The van der Waals surface area contributed by atoms with Crippen LogP contribution in [0.15, 0.2) is 28.3 Å². The number of aromatic nitrogens is 2. The topological polar surface area (TPSA) is 81.5 Å². The Kier molecular flexibility index (Phi) is 4.03. The standard InChI is InChI=1S/C15H19N3O4S2/c1-15(2,3)22-14(19)18-8-7-17-12-9-10(24(4,20)21)5-6-11(12)16-13(17)23-18/h5-6,9H,7-8H2,1-4H3. The molecule has 1 aromatic carbocycles. The van der Waals surface area contributed by atoms with Gasteiger partial charge in [0, 0.05) is 24.7 Å². The highest BCUT2D eigenvalue weighted by Crippen LogP contribution is 2.32. The van der Waals surface area contributed by atoms with Crippen LogP contribution in [-0.4, -0.2) is 46.8 Å². The minimum atomic E-state index is -3.28. The van der Waals surface area contributed by atoms with Gasteiger partial charge in [0.05, 0.1) is 22.5 Å². The van der Waals surface area contributed by atoms with Gasteiger partial charge in [-0.15, -0.1) is 0 Å². The minimum absolute atomic E-state index is 0.261. The number of fused-ring (bicyclic) bond motifs is 3. The number of benzene rings is 1. The zero-order chi connectivity index (χ0) is 17.7. The number of ether oxygens (including phenoxy) is 1. The molecule has 1 amide bonds. The first-order valence-electron chi connectivity index (χ1n) is 7.43. The van der Waals surface area contributed by atoms with Gasteiger partial charge in [0.25, 0.3) is 0 Å². The summed E-state index contributed by atoms with van der Waals surface area (Å²) in [4.78, 5) is 16.9. The summed E-state index contributed by atoms with van der Waals surface area (Å²) in [6, 6.07) is 4.87. The van der Waals surface area contributed by atoms with E-state index < -0.39 is 21.5 Å². The highest BCUT2D eigenvalue weighted by Gasteiger charge is 2.29. The van der Waals surface area contributed by atoms with Crippen LogP contribution in [0.1, 0.15) is 20.8 Å². The lowest BCUT2D eigenvalue weighted by molar-refractivity contribution is 0.0395. The van der Waals surface area contributed by atoms with Gasteiger partial charge in [-0.05, 0) is 39.0 Å². The number of amides is 1. The quantitative estimate of drug-likeness (QED) is 0.719. The highest BCUT2D eigenvalue weighted by molar-refractivity contribution is 7.97. The molecule has 0 saturated heterocycles. The third-order valence-corrected chi connectivity index (χ3v) is 5.57. The molecule has 0 aliphatic carbocycles. The average molecular weight is 369 g/mol. The number of sulfone groups is 1. The number of nitrogens with zero attached hydrogens (tertiary/aromatic N) is 3. The van der Waals surface area contributed by atoms with E-state index in [1.165, 1.54) is 22.5 Å². The van der Waals surface area contributed by atoms with Crippen molar-refractivity contribution < 1.29 is 17.9 Å². The van der Waals surface area contributed by atoms with Crippen LogP contribution in [0.4, 0.5) is 4.79 Å². The second-order valence-electron chi connectivity index (χ2n) is 6.64. The van der Waals surface area contributed by atoms with E-state index in [-0.39, 0.29) is 4.90 Å². The number of hydrogen-bond donors (Lipinski definition) is 0. The fraction of sp³-hybridized carbons (Fsp3) is 0.467. The molecule has 1 aliphatic heterocycles. The lowest BCUT2D eigenvalue weighted by Gasteiger charge is -2.29. The van der Waals surface area contributed by atoms with Crippen molar-refractivity contribution in [3.05, 3.63) is 18.2 Å². The summed E-state index contributed by atoms with van der Waals surface area (Å²) in [5.74, 6) is 0. The van der Waals surface area contributed by atoms with Gasteiger partial charge in [0.1, 0.15) is 5.60 Å². The third kappa shape index (κ3) is 3.36. The first kappa shape index (κ1) is 17.1. The van der Waals surface area contributed by atoms with Gasteiger partial charge < -0.3 is 9.30 Å². The van der Waals surface area contributed by atoms with E-state index in [2.05, 4.69) is 4.98 Å². The van der Waals surface area contributed by atoms with Gasteiger partial charge >= 0.3 is 6.09 Å². The lowest BCUT2D eigenvalue weighted by atomic mass is 10.2. The number of carbonyl (C=O) groups excluding carboxylic acids is 1. The molecule has 0 N–H and O–H groups in total. The van der Waals surface area contributed by atoms with E-state index in [1.807, 2.05) is 25.3 Å². The number of rotatable bonds is 1. The van der Waals surface area contributed by atoms with Crippen molar-refractivity contribution in [1.82, 2.24) is 13.9 Å². The molecule has 1 aliphatic rings. The maximum atomic E-state index is 12.2. The predicted molar refractivity (Wildman–Crippen MR) is 91.6 cm³/mol. The molecule has 1 aromatic heterocycles.